The number of amides is 1. The minimum Gasteiger partial charge on any atom is -0.336 e. The molecule has 7 nitrogen and oxygen atoms in total. The molecule has 8 heteroatoms. The SMILES string of the molecule is Cc1c(C(=O)N2CCN(S(=O)(=O)c3ccc4ccccc4c3)CC2)cnn1-c1ccccc1. The average Bonchev–Trinajstić information content (AvgIpc) is 3.25. The van der Waals surface area contributed by atoms with Crippen LogP contribution in [-0.2, 0) is 10.0 Å². The van der Waals surface area contributed by atoms with Crippen LogP contribution in [0, 0.1) is 6.92 Å². The fraction of sp³-hybridized carbons (Fsp3) is 0.200. The Hall–Kier alpha value is -3.49. The first-order valence-electron chi connectivity index (χ1n) is 10.8. The van der Waals surface area contributed by atoms with Crippen molar-refractivity contribution >= 4 is 26.7 Å². The van der Waals surface area contributed by atoms with Crippen molar-refractivity contribution in [1.82, 2.24) is 19.0 Å². The van der Waals surface area contributed by atoms with Crippen molar-refractivity contribution < 1.29 is 13.2 Å². The van der Waals surface area contributed by atoms with Gasteiger partial charge in [0.1, 0.15) is 0 Å². The monoisotopic (exact) mass is 460 g/mol. The first-order chi connectivity index (χ1) is 15.9. The summed E-state index contributed by atoms with van der Waals surface area (Å²) in [6.45, 7) is 3.05. The molecule has 4 aromatic rings. The Morgan fingerprint density at radius 1 is 0.848 bits per heavy atom. The van der Waals surface area contributed by atoms with Gasteiger partial charge in [-0.15, -0.1) is 0 Å². The molecular weight excluding hydrogens is 436 g/mol. The maximum Gasteiger partial charge on any atom is 0.257 e. The topological polar surface area (TPSA) is 75.5 Å². The van der Waals surface area contributed by atoms with Gasteiger partial charge in [-0.1, -0.05) is 48.5 Å². The third-order valence-electron chi connectivity index (χ3n) is 6.13. The summed E-state index contributed by atoms with van der Waals surface area (Å²) in [4.78, 5) is 15.1. The highest BCUT2D eigenvalue weighted by Gasteiger charge is 2.31. The number of carbonyl (C=O) groups excluding carboxylic acids is 1. The van der Waals surface area contributed by atoms with Crippen LogP contribution in [0.3, 0.4) is 0 Å². The number of carbonyl (C=O) groups is 1. The lowest BCUT2D eigenvalue weighted by atomic mass is 10.1. The van der Waals surface area contributed by atoms with Gasteiger partial charge in [-0.25, -0.2) is 13.1 Å². The third-order valence-corrected chi connectivity index (χ3v) is 8.02. The molecule has 1 aliphatic heterocycles. The molecular formula is C25H24N4O3S. The number of rotatable bonds is 4. The second-order valence-electron chi connectivity index (χ2n) is 8.10. The molecule has 1 saturated heterocycles. The van der Waals surface area contributed by atoms with Crippen LogP contribution in [-0.4, -0.2) is 59.5 Å². The second kappa shape index (κ2) is 8.46. The van der Waals surface area contributed by atoms with Gasteiger partial charge in [0, 0.05) is 26.2 Å². The zero-order valence-electron chi connectivity index (χ0n) is 18.3. The highest BCUT2D eigenvalue weighted by molar-refractivity contribution is 7.89. The number of fused-ring (bicyclic) bond motifs is 1. The van der Waals surface area contributed by atoms with Crippen molar-refractivity contribution in [2.24, 2.45) is 0 Å². The highest BCUT2D eigenvalue weighted by Crippen LogP contribution is 2.24. The number of benzene rings is 3. The van der Waals surface area contributed by atoms with E-state index in [9.17, 15) is 13.2 Å². The zero-order valence-corrected chi connectivity index (χ0v) is 19.1. The summed E-state index contributed by atoms with van der Waals surface area (Å²) in [5.74, 6) is -0.127. The van der Waals surface area contributed by atoms with E-state index in [1.807, 2.05) is 67.6 Å². The fourth-order valence-electron chi connectivity index (χ4n) is 4.23. The summed E-state index contributed by atoms with van der Waals surface area (Å²) < 4.78 is 29.6. The number of sulfonamides is 1. The molecule has 3 aromatic carbocycles. The molecule has 1 aromatic heterocycles. The Labute approximate surface area is 192 Å². The highest BCUT2D eigenvalue weighted by atomic mass is 32.2. The summed E-state index contributed by atoms with van der Waals surface area (Å²) >= 11 is 0. The van der Waals surface area contributed by atoms with Crippen molar-refractivity contribution in [1.29, 1.82) is 0 Å². The van der Waals surface area contributed by atoms with Crippen molar-refractivity contribution in [2.75, 3.05) is 26.2 Å². The number of aromatic nitrogens is 2. The second-order valence-corrected chi connectivity index (χ2v) is 10.0. The molecule has 0 aliphatic carbocycles. The summed E-state index contributed by atoms with van der Waals surface area (Å²) in [6.07, 6.45) is 1.59. The van der Waals surface area contributed by atoms with E-state index in [-0.39, 0.29) is 23.9 Å². The Bertz CT molecular complexity index is 1420. The van der Waals surface area contributed by atoms with Crippen LogP contribution in [0.25, 0.3) is 16.5 Å². The predicted octanol–water partition coefficient (Wildman–Crippen LogP) is 3.48. The average molecular weight is 461 g/mol. The van der Waals surface area contributed by atoms with Gasteiger partial charge in [-0.2, -0.15) is 9.40 Å². The van der Waals surface area contributed by atoms with E-state index in [2.05, 4.69) is 5.10 Å². The van der Waals surface area contributed by atoms with Gasteiger partial charge in [0.05, 0.1) is 28.0 Å². The number of piperazine rings is 1. The molecule has 0 atom stereocenters. The Morgan fingerprint density at radius 2 is 1.52 bits per heavy atom. The summed E-state index contributed by atoms with van der Waals surface area (Å²) in [5.41, 5.74) is 2.18. The maximum absolute atomic E-state index is 13.2. The minimum atomic E-state index is -3.63. The normalized spacial score (nSPS) is 15.1. The van der Waals surface area contributed by atoms with Crippen LogP contribution in [0.2, 0.25) is 0 Å². The van der Waals surface area contributed by atoms with Crippen LogP contribution in [0.5, 0.6) is 0 Å². The molecule has 0 bridgehead atoms. The lowest BCUT2D eigenvalue weighted by Crippen LogP contribution is -2.50. The zero-order chi connectivity index (χ0) is 23.0. The van der Waals surface area contributed by atoms with Crippen molar-refractivity contribution in [2.45, 2.75) is 11.8 Å². The number of nitrogens with zero attached hydrogens (tertiary/aromatic N) is 4. The van der Waals surface area contributed by atoms with Gasteiger partial charge >= 0.3 is 0 Å². The molecule has 168 valence electrons. The lowest BCUT2D eigenvalue weighted by molar-refractivity contribution is 0.0697. The summed E-state index contributed by atoms with van der Waals surface area (Å²) in [7, 11) is -3.63. The van der Waals surface area contributed by atoms with Gasteiger partial charge in [0.15, 0.2) is 0 Å². The van der Waals surface area contributed by atoms with E-state index in [1.165, 1.54) is 4.31 Å². The first kappa shape index (κ1) is 21.4. The third kappa shape index (κ3) is 3.92. The lowest BCUT2D eigenvalue weighted by Gasteiger charge is -2.34. The Kier molecular flexibility index (Phi) is 5.47. The molecule has 33 heavy (non-hydrogen) atoms. The van der Waals surface area contributed by atoms with Crippen LogP contribution in [0.4, 0.5) is 0 Å². The van der Waals surface area contributed by atoms with E-state index in [0.717, 1.165) is 22.2 Å². The molecule has 2 heterocycles. The van der Waals surface area contributed by atoms with Crippen molar-refractivity contribution in [3.8, 4) is 5.69 Å². The van der Waals surface area contributed by atoms with E-state index in [4.69, 9.17) is 0 Å². The van der Waals surface area contributed by atoms with Crippen LogP contribution >= 0.6 is 0 Å². The van der Waals surface area contributed by atoms with Crippen LogP contribution < -0.4 is 0 Å². The predicted molar refractivity (Wildman–Crippen MR) is 127 cm³/mol. The van der Waals surface area contributed by atoms with Gasteiger partial charge in [0.2, 0.25) is 10.0 Å². The smallest absolute Gasteiger partial charge is 0.257 e. The van der Waals surface area contributed by atoms with Gasteiger partial charge in [-0.3, -0.25) is 4.79 Å². The van der Waals surface area contributed by atoms with Crippen molar-refractivity contribution in [3.05, 3.63) is 90.3 Å². The minimum absolute atomic E-state index is 0.127. The number of hydrogen-bond donors (Lipinski definition) is 0. The number of para-hydroxylation sites is 1. The van der Waals surface area contributed by atoms with Gasteiger partial charge in [0.25, 0.3) is 5.91 Å². The van der Waals surface area contributed by atoms with Crippen LogP contribution in [0.15, 0.2) is 83.9 Å². The molecule has 1 amide bonds. The fourth-order valence-corrected chi connectivity index (χ4v) is 5.69. The molecule has 0 spiro atoms. The molecule has 1 aliphatic rings. The van der Waals surface area contributed by atoms with E-state index in [0.29, 0.717) is 18.7 Å². The molecule has 0 radical (unpaired) electrons. The summed E-state index contributed by atoms with van der Waals surface area (Å²) in [6, 6.07) is 22.5. The van der Waals surface area contributed by atoms with E-state index in [1.54, 1.807) is 27.9 Å². The largest absolute Gasteiger partial charge is 0.336 e. The molecule has 1 fully saturated rings. The van der Waals surface area contributed by atoms with E-state index < -0.39 is 10.0 Å². The van der Waals surface area contributed by atoms with Crippen molar-refractivity contribution in [3.63, 3.8) is 0 Å². The van der Waals surface area contributed by atoms with Gasteiger partial charge < -0.3 is 4.90 Å². The first-order valence-corrected chi connectivity index (χ1v) is 12.3. The molecule has 0 saturated carbocycles. The maximum atomic E-state index is 13.2. The quantitative estimate of drug-likeness (QED) is 0.467. The summed E-state index contributed by atoms with van der Waals surface area (Å²) in [5, 5.41) is 6.27. The number of hydrogen-bond acceptors (Lipinski definition) is 4. The molecule has 0 N–H and O–H groups in total. The standard InChI is InChI=1S/C25H24N4O3S/c1-19-24(18-26-29(19)22-9-3-2-4-10-22)25(30)27-13-15-28(16-14-27)33(31,32)23-12-11-20-7-5-6-8-21(20)17-23/h2-12,17-18H,13-16H2,1H3. The van der Waals surface area contributed by atoms with Crippen LogP contribution in [0.1, 0.15) is 16.1 Å². The van der Waals surface area contributed by atoms with Gasteiger partial charge in [-0.05, 0) is 42.0 Å². The Morgan fingerprint density at radius 3 is 2.24 bits per heavy atom. The van der Waals surface area contributed by atoms with E-state index >= 15 is 0 Å². The Balaban J connectivity index is 1.30. The molecule has 5 rings (SSSR count). The molecule has 0 unspecified atom stereocenters.